The van der Waals surface area contributed by atoms with Crippen LogP contribution in [-0.4, -0.2) is 48.7 Å². The number of aromatic nitrogens is 2. The smallest absolute Gasteiger partial charge is 0.343 e. The van der Waals surface area contributed by atoms with E-state index in [1.807, 2.05) is 18.2 Å². The van der Waals surface area contributed by atoms with Crippen LogP contribution in [0.1, 0.15) is 30.0 Å². The lowest BCUT2D eigenvalue weighted by molar-refractivity contribution is -0.172. The number of benzene rings is 2. The highest BCUT2D eigenvalue weighted by Crippen LogP contribution is 2.49. The van der Waals surface area contributed by atoms with E-state index in [4.69, 9.17) is 33.4 Å². The monoisotopic (exact) mass is 558 g/mol. The van der Waals surface area contributed by atoms with Gasteiger partial charge in [-0.1, -0.05) is 6.92 Å². The SMILES string of the molecule is CC[C@@]1(O)C(=O)OCc2c1cc1n(c2=O)Cc2c-1nc1cc3c(cc1c2-c1cc(OC)c(OC)c(OC)c1)OCO3. The number of carbonyl (C=O) groups excluding carboxylic acids is 1. The molecule has 0 saturated heterocycles. The van der Waals surface area contributed by atoms with Crippen molar-refractivity contribution in [2.75, 3.05) is 28.1 Å². The van der Waals surface area contributed by atoms with Crippen LogP contribution in [0, 0.1) is 0 Å². The maximum Gasteiger partial charge on any atom is 0.343 e. The average molecular weight is 559 g/mol. The molecule has 2 aromatic carbocycles. The van der Waals surface area contributed by atoms with Crippen LogP contribution in [0.15, 0.2) is 35.1 Å². The van der Waals surface area contributed by atoms with Crippen molar-refractivity contribution in [1.82, 2.24) is 9.55 Å². The zero-order valence-electron chi connectivity index (χ0n) is 22.8. The van der Waals surface area contributed by atoms with E-state index in [1.165, 1.54) is 7.11 Å². The van der Waals surface area contributed by atoms with Crippen molar-refractivity contribution in [3.05, 3.63) is 57.4 Å². The number of nitrogens with zero attached hydrogens (tertiary/aromatic N) is 2. The van der Waals surface area contributed by atoms with Gasteiger partial charge in [0.25, 0.3) is 5.56 Å². The number of fused-ring (bicyclic) bond motifs is 6. The number of pyridine rings is 2. The summed E-state index contributed by atoms with van der Waals surface area (Å²) in [6.45, 7) is 1.77. The minimum atomic E-state index is -1.92. The van der Waals surface area contributed by atoms with E-state index in [-0.39, 0.29) is 43.1 Å². The third kappa shape index (κ3) is 3.38. The van der Waals surface area contributed by atoms with Crippen molar-refractivity contribution < 1.29 is 38.3 Å². The summed E-state index contributed by atoms with van der Waals surface area (Å²) in [5, 5.41) is 12.0. The van der Waals surface area contributed by atoms with E-state index >= 15 is 0 Å². The van der Waals surface area contributed by atoms with Crippen molar-refractivity contribution in [2.24, 2.45) is 0 Å². The number of esters is 1. The summed E-state index contributed by atoms with van der Waals surface area (Å²) in [6, 6.07) is 9.07. The minimum absolute atomic E-state index is 0.0555. The third-order valence-corrected chi connectivity index (χ3v) is 8.14. The Bertz CT molecular complexity index is 1840. The Morgan fingerprint density at radius 2 is 1.66 bits per heavy atom. The molecule has 0 unspecified atom stereocenters. The largest absolute Gasteiger partial charge is 0.493 e. The standard InChI is InChI=1S/C30H26N2O9/c1-5-30(35)18-9-20-26-16(11-32(20)28(33)17(18)12-39-29(30)34)25(14-6-23(36-2)27(38-4)24(7-14)37-3)15-8-21-22(41-13-40-21)10-19(15)31-26/h6-10,35H,5,11-13H2,1-4H3/t30-/m0/s1. The summed E-state index contributed by atoms with van der Waals surface area (Å²) in [5.41, 5.74) is 2.22. The second-order valence-electron chi connectivity index (χ2n) is 10.1. The average Bonchev–Trinajstić information content (AvgIpc) is 3.60. The van der Waals surface area contributed by atoms with Crippen LogP contribution in [0.5, 0.6) is 28.7 Å². The lowest BCUT2D eigenvalue weighted by Crippen LogP contribution is -2.44. The van der Waals surface area contributed by atoms with Gasteiger partial charge in [-0.05, 0) is 41.8 Å². The summed E-state index contributed by atoms with van der Waals surface area (Å²) in [7, 11) is 4.63. The Labute approximate surface area is 233 Å². The molecule has 11 heteroatoms. The van der Waals surface area contributed by atoms with Gasteiger partial charge < -0.3 is 38.1 Å². The molecule has 1 atom stereocenters. The molecule has 0 amide bonds. The number of cyclic esters (lactones) is 1. The first-order chi connectivity index (χ1) is 19.8. The van der Waals surface area contributed by atoms with Crippen LogP contribution in [0.4, 0.5) is 0 Å². The van der Waals surface area contributed by atoms with E-state index in [0.29, 0.717) is 45.7 Å². The topological polar surface area (TPSA) is 128 Å². The molecule has 3 aliphatic rings. The highest BCUT2D eigenvalue weighted by molar-refractivity contribution is 6.02. The Hall–Kier alpha value is -4.77. The van der Waals surface area contributed by atoms with Crippen molar-refractivity contribution in [2.45, 2.75) is 32.1 Å². The zero-order chi connectivity index (χ0) is 28.6. The van der Waals surface area contributed by atoms with E-state index in [9.17, 15) is 14.7 Å². The highest BCUT2D eigenvalue weighted by atomic mass is 16.7. The molecule has 0 saturated carbocycles. The van der Waals surface area contributed by atoms with Gasteiger partial charge in [-0.3, -0.25) is 4.79 Å². The number of hydrogen-bond acceptors (Lipinski definition) is 10. The van der Waals surface area contributed by atoms with Gasteiger partial charge in [-0.2, -0.15) is 0 Å². The van der Waals surface area contributed by atoms with Crippen LogP contribution in [0.3, 0.4) is 0 Å². The molecule has 11 nitrogen and oxygen atoms in total. The maximum atomic E-state index is 13.8. The molecule has 2 aromatic heterocycles. The van der Waals surface area contributed by atoms with Crippen molar-refractivity contribution in [3.63, 3.8) is 0 Å². The van der Waals surface area contributed by atoms with Gasteiger partial charge >= 0.3 is 5.97 Å². The quantitative estimate of drug-likeness (QED) is 0.320. The normalized spacial score (nSPS) is 18.0. The Morgan fingerprint density at radius 3 is 2.32 bits per heavy atom. The molecule has 0 bridgehead atoms. The molecule has 41 heavy (non-hydrogen) atoms. The maximum absolute atomic E-state index is 13.8. The predicted molar refractivity (Wildman–Crippen MR) is 146 cm³/mol. The van der Waals surface area contributed by atoms with Crippen molar-refractivity contribution in [1.29, 1.82) is 0 Å². The Kier molecular flexibility index (Phi) is 5.45. The number of rotatable bonds is 5. The Morgan fingerprint density at radius 1 is 0.951 bits per heavy atom. The molecule has 7 rings (SSSR count). The second-order valence-corrected chi connectivity index (χ2v) is 10.1. The van der Waals surface area contributed by atoms with Crippen LogP contribution in [0.2, 0.25) is 0 Å². The molecule has 210 valence electrons. The molecule has 0 radical (unpaired) electrons. The fourth-order valence-electron chi connectivity index (χ4n) is 6.02. The second kappa shape index (κ2) is 8.87. The van der Waals surface area contributed by atoms with E-state index in [2.05, 4.69) is 0 Å². The third-order valence-electron chi connectivity index (χ3n) is 8.14. The zero-order valence-corrected chi connectivity index (χ0v) is 22.8. The van der Waals surface area contributed by atoms with Crippen LogP contribution < -0.4 is 29.2 Å². The molecular weight excluding hydrogens is 532 g/mol. The molecular formula is C30H26N2O9. The van der Waals surface area contributed by atoms with Gasteiger partial charge in [0.1, 0.15) is 6.61 Å². The van der Waals surface area contributed by atoms with E-state index in [1.54, 1.807) is 37.8 Å². The van der Waals surface area contributed by atoms with E-state index in [0.717, 1.165) is 22.1 Å². The van der Waals surface area contributed by atoms with Gasteiger partial charge in [0, 0.05) is 22.6 Å². The van der Waals surface area contributed by atoms with Gasteiger partial charge in [-0.15, -0.1) is 0 Å². The molecule has 3 aliphatic heterocycles. The fourth-order valence-corrected chi connectivity index (χ4v) is 6.02. The van der Waals surface area contributed by atoms with Crippen LogP contribution >= 0.6 is 0 Å². The summed E-state index contributed by atoms with van der Waals surface area (Å²) >= 11 is 0. The molecule has 4 aromatic rings. The number of aliphatic hydroxyl groups is 1. The summed E-state index contributed by atoms with van der Waals surface area (Å²) < 4.78 is 35.0. The molecule has 0 spiro atoms. The van der Waals surface area contributed by atoms with Gasteiger partial charge in [-0.25, -0.2) is 9.78 Å². The molecule has 0 fully saturated rings. The number of carbonyl (C=O) groups is 1. The number of hydrogen-bond donors (Lipinski definition) is 1. The number of methoxy groups -OCH3 is 3. The van der Waals surface area contributed by atoms with Gasteiger partial charge in [0.15, 0.2) is 28.6 Å². The fraction of sp³-hybridized carbons (Fsp3) is 0.300. The van der Waals surface area contributed by atoms with Crippen molar-refractivity contribution >= 4 is 16.9 Å². The summed E-state index contributed by atoms with van der Waals surface area (Å²) in [5.74, 6) is 1.75. The summed E-state index contributed by atoms with van der Waals surface area (Å²) in [4.78, 5) is 31.4. The lowest BCUT2D eigenvalue weighted by atomic mass is 9.86. The first-order valence-corrected chi connectivity index (χ1v) is 13.1. The molecule has 1 N–H and O–H groups in total. The molecule has 0 aliphatic carbocycles. The summed E-state index contributed by atoms with van der Waals surface area (Å²) in [6.07, 6.45) is 0.0555. The Balaban J connectivity index is 1.56. The molecule has 5 heterocycles. The van der Waals surface area contributed by atoms with E-state index < -0.39 is 11.6 Å². The predicted octanol–water partition coefficient (Wildman–Crippen LogP) is 3.50. The minimum Gasteiger partial charge on any atom is -0.493 e. The van der Waals surface area contributed by atoms with Gasteiger partial charge in [0.05, 0.1) is 50.3 Å². The van der Waals surface area contributed by atoms with Crippen LogP contribution in [-0.2, 0) is 28.3 Å². The number of ether oxygens (including phenoxy) is 6. The highest BCUT2D eigenvalue weighted by Gasteiger charge is 2.45. The first kappa shape index (κ1) is 25.2. The first-order valence-electron chi connectivity index (χ1n) is 13.1. The van der Waals surface area contributed by atoms with Gasteiger partial charge in [0.2, 0.25) is 12.5 Å². The lowest BCUT2D eigenvalue weighted by Gasteiger charge is -2.31. The van der Waals surface area contributed by atoms with Crippen LogP contribution in [0.25, 0.3) is 33.4 Å². The van der Waals surface area contributed by atoms with Crippen molar-refractivity contribution in [3.8, 4) is 51.3 Å².